The van der Waals surface area contributed by atoms with E-state index in [2.05, 4.69) is 14.5 Å². The standard InChI is InChI=1S/C15H18N4O/c16-14-7-11(3-5-18-14)13-8-17-9-19(13)12-4-6-20-15(12)10-1-2-10/h3,5,7-10,12,15H,1-2,4,6H2,(H2,16,18). The van der Waals surface area contributed by atoms with Gasteiger partial charge in [0.05, 0.1) is 30.4 Å². The summed E-state index contributed by atoms with van der Waals surface area (Å²) in [4.78, 5) is 8.39. The van der Waals surface area contributed by atoms with Crippen molar-refractivity contribution in [1.82, 2.24) is 14.5 Å². The summed E-state index contributed by atoms with van der Waals surface area (Å²) in [5, 5.41) is 0. The minimum absolute atomic E-state index is 0.349. The first-order valence-electron chi connectivity index (χ1n) is 7.18. The monoisotopic (exact) mass is 270 g/mol. The molecule has 2 aromatic heterocycles. The SMILES string of the molecule is Nc1cc(-c2cncn2C2CCOC2C2CC2)ccn1. The summed E-state index contributed by atoms with van der Waals surface area (Å²) < 4.78 is 8.20. The van der Waals surface area contributed by atoms with Crippen LogP contribution in [-0.2, 0) is 4.74 Å². The Morgan fingerprint density at radius 1 is 1.30 bits per heavy atom. The highest BCUT2D eigenvalue weighted by molar-refractivity contribution is 5.62. The van der Waals surface area contributed by atoms with Gasteiger partial charge in [0.1, 0.15) is 5.82 Å². The van der Waals surface area contributed by atoms with E-state index in [-0.39, 0.29) is 0 Å². The number of anilines is 1. The Bertz CT molecular complexity index is 620. The molecule has 2 aliphatic rings. The van der Waals surface area contributed by atoms with Crippen molar-refractivity contribution in [2.75, 3.05) is 12.3 Å². The Morgan fingerprint density at radius 3 is 3.00 bits per heavy atom. The first kappa shape index (κ1) is 11.9. The molecule has 2 aromatic rings. The van der Waals surface area contributed by atoms with E-state index in [1.807, 2.05) is 24.7 Å². The molecule has 5 nitrogen and oxygen atoms in total. The third-order valence-electron chi connectivity index (χ3n) is 4.29. The van der Waals surface area contributed by atoms with E-state index in [9.17, 15) is 0 Å². The van der Waals surface area contributed by atoms with E-state index in [1.165, 1.54) is 12.8 Å². The normalized spacial score (nSPS) is 26.0. The van der Waals surface area contributed by atoms with Crippen LogP contribution in [0.1, 0.15) is 25.3 Å². The zero-order chi connectivity index (χ0) is 13.5. The molecule has 0 radical (unpaired) electrons. The van der Waals surface area contributed by atoms with E-state index in [1.54, 1.807) is 6.20 Å². The number of nitrogens with zero attached hydrogens (tertiary/aromatic N) is 3. The van der Waals surface area contributed by atoms with Crippen molar-refractivity contribution in [1.29, 1.82) is 0 Å². The maximum Gasteiger partial charge on any atom is 0.123 e. The van der Waals surface area contributed by atoms with Crippen molar-refractivity contribution in [3.05, 3.63) is 30.9 Å². The topological polar surface area (TPSA) is 66.0 Å². The van der Waals surface area contributed by atoms with Crippen LogP contribution in [0.15, 0.2) is 30.9 Å². The van der Waals surface area contributed by atoms with E-state index >= 15 is 0 Å². The summed E-state index contributed by atoms with van der Waals surface area (Å²) in [5.41, 5.74) is 7.95. The Labute approximate surface area is 117 Å². The van der Waals surface area contributed by atoms with Gasteiger partial charge in [-0.1, -0.05) is 0 Å². The van der Waals surface area contributed by atoms with Crippen LogP contribution in [0, 0.1) is 5.92 Å². The van der Waals surface area contributed by atoms with Crippen molar-refractivity contribution in [3.8, 4) is 11.3 Å². The number of nitrogens with two attached hydrogens (primary N) is 1. The summed E-state index contributed by atoms with van der Waals surface area (Å²) in [5.74, 6) is 1.27. The molecule has 2 atom stereocenters. The first-order chi connectivity index (χ1) is 9.83. The van der Waals surface area contributed by atoms with Gasteiger partial charge in [-0.05, 0) is 37.3 Å². The molecule has 1 aliphatic carbocycles. The number of hydrogen-bond donors (Lipinski definition) is 1. The smallest absolute Gasteiger partial charge is 0.123 e. The number of nitrogen functional groups attached to an aromatic ring is 1. The van der Waals surface area contributed by atoms with Gasteiger partial charge >= 0.3 is 0 Å². The molecule has 1 saturated carbocycles. The van der Waals surface area contributed by atoms with Gasteiger partial charge in [-0.3, -0.25) is 0 Å². The number of aromatic nitrogens is 3. The quantitative estimate of drug-likeness (QED) is 0.929. The first-order valence-corrected chi connectivity index (χ1v) is 7.18. The number of imidazole rings is 1. The lowest BCUT2D eigenvalue weighted by molar-refractivity contribution is 0.0754. The molecular formula is C15H18N4O. The molecule has 5 heteroatoms. The van der Waals surface area contributed by atoms with Crippen molar-refractivity contribution < 1.29 is 4.74 Å². The second-order valence-electron chi connectivity index (χ2n) is 5.68. The van der Waals surface area contributed by atoms with Gasteiger partial charge in [0, 0.05) is 18.4 Å². The summed E-state index contributed by atoms with van der Waals surface area (Å²) in [6, 6.07) is 4.27. The van der Waals surface area contributed by atoms with E-state index in [0.29, 0.717) is 18.0 Å². The predicted molar refractivity (Wildman–Crippen MR) is 76.0 cm³/mol. The van der Waals surface area contributed by atoms with Gasteiger partial charge in [-0.2, -0.15) is 0 Å². The van der Waals surface area contributed by atoms with E-state index in [0.717, 1.165) is 30.2 Å². The maximum atomic E-state index is 5.94. The molecule has 0 amide bonds. The second-order valence-corrected chi connectivity index (χ2v) is 5.68. The Hall–Kier alpha value is -1.88. The number of hydrogen-bond acceptors (Lipinski definition) is 4. The van der Waals surface area contributed by atoms with Crippen LogP contribution in [0.4, 0.5) is 5.82 Å². The van der Waals surface area contributed by atoms with E-state index in [4.69, 9.17) is 10.5 Å². The predicted octanol–water partition coefficient (Wildman–Crippen LogP) is 2.27. The van der Waals surface area contributed by atoms with Crippen LogP contribution in [0.2, 0.25) is 0 Å². The lowest BCUT2D eigenvalue weighted by Gasteiger charge is -2.21. The summed E-state index contributed by atoms with van der Waals surface area (Å²) >= 11 is 0. The van der Waals surface area contributed by atoms with Gasteiger partial charge < -0.3 is 15.0 Å². The molecule has 0 spiro atoms. The fourth-order valence-electron chi connectivity index (χ4n) is 3.17. The molecule has 0 bridgehead atoms. The molecule has 1 aliphatic heterocycles. The van der Waals surface area contributed by atoms with Crippen LogP contribution in [-0.4, -0.2) is 27.2 Å². The third kappa shape index (κ3) is 1.98. The average molecular weight is 270 g/mol. The summed E-state index contributed by atoms with van der Waals surface area (Å²) in [6.07, 6.45) is 9.57. The number of rotatable bonds is 3. The fraction of sp³-hybridized carbons (Fsp3) is 0.467. The summed E-state index contributed by atoms with van der Waals surface area (Å²) in [7, 11) is 0. The van der Waals surface area contributed by atoms with Crippen LogP contribution < -0.4 is 5.73 Å². The zero-order valence-corrected chi connectivity index (χ0v) is 11.3. The van der Waals surface area contributed by atoms with Crippen molar-refractivity contribution in [3.63, 3.8) is 0 Å². The number of ether oxygens (including phenoxy) is 1. The summed E-state index contributed by atoms with van der Waals surface area (Å²) in [6.45, 7) is 0.849. The zero-order valence-electron chi connectivity index (χ0n) is 11.3. The third-order valence-corrected chi connectivity index (χ3v) is 4.29. The Kier molecular flexibility index (Phi) is 2.73. The molecule has 0 aromatic carbocycles. The lowest BCUT2D eigenvalue weighted by Crippen LogP contribution is -2.22. The molecule has 3 heterocycles. The van der Waals surface area contributed by atoms with Crippen LogP contribution in [0.5, 0.6) is 0 Å². The highest BCUT2D eigenvalue weighted by atomic mass is 16.5. The second kappa shape index (κ2) is 4.59. The van der Waals surface area contributed by atoms with Gasteiger partial charge in [0.25, 0.3) is 0 Å². The Balaban J connectivity index is 1.71. The minimum Gasteiger partial charge on any atom is -0.384 e. The molecule has 2 N–H and O–H groups in total. The van der Waals surface area contributed by atoms with Crippen LogP contribution in [0.25, 0.3) is 11.3 Å². The van der Waals surface area contributed by atoms with Crippen molar-refractivity contribution in [2.24, 2.45) is 5.92 Å². The minimum atomic E-state index is 0.349. The lowest BCUT2D eigenvalue weighted by atomic mass is 10.0. The molecule has 20 heavy (non-hydrogen) atoms. The van der Waals surface area contributed by atoms with Gasteiger partial charge in [0.15, 0.2) is 0 Å². The molecule has 2 unspecified atom stereocenters. The largest absolute Gasteiger partial charge is 0.384 e. The van der Waals surface area contributed by atoms with Gasteiger partial charge in [-0.15, -0.1) is 0 Å². The number of pyridine rings is 1. The molecule has 4 rings (SSSR count). The van der Waals surface area contributed by atoms with E-state index < -0.39 is 0 Å². The molecule has 2 fully saturated rings. The van der Waals surface area contributed by atoms with Crippen LogP contribution >= 0.6 is 0 Å². The van der Waals surface area contributed by atoms with Gasteiger partial charge in [0.2, 0.25) is 0 Å². The molecular weight excluding hydrogens is 252 g/mol. The Morgan fingerprint density at radius 2 is 2.20 bits per heavy atom. The highest BCUT2D eigenvalue weighted by Gasteiger charge is 2.41. The molecule has 1 saturated heterocycles. The highest BCUT2D eigenvalue weighted by Crippen LogP contribution is 2.44. The average Bonchev–Trinajstić information content (AvgIpc) is 3.01. The molecule has 104 valence electrons. The maximum absolute atomic E-state index is 5.94. The van der Waals surface area contributed by atoms with Gasteiger partial charge in [-0.25, -0.2) is 9.97 Å². The van der Waals surface area contributed by atoms with Crippen molar-refractivity contribution >= 4 is 5.82 Å². The fourth-order valence-corrected chi connectivity index (χ4v) is 3.17. The van der Waals surface area contributed by atoms with Crippen molar-refractivity contribution in [2.45, 2.75) is 31.4 Å². The van der Waals surface area contributed by atoms with Crippen LogP contribution in [0.3, 0.4) is 0 Å².